The van der Waals surface area contributed by atoms with E-state index in [0.717, 1.165) is 12.0 Å². The van der Waals surface area contributed by atoms with Crippen molar-refractivity contribution in [2.24, 2.45) is 0 Å². The molecule has 0 fully saturated rings. The Bertz CT molecular complexity index is 709. The van der Waals surface area contributed by atoms with Crippen LogP contribution in [0.2, 0.25) is 0 Å². The van der Waals surface area contributed by atoms with Crippen molar-refractivity contribution in [1.29, 1.82) is 0 Å². The minimum absolute atomic E-state index is 0. The molecule has 0 aromatic rings. The predicted octanol–water partition coefficient (Wildman–Crippen LogP) is 2.66. The van der Waals surface area contributed by atoms with Crippen molar-refractivity contribution in [3.63, 3.8) is 0 Å². The van der Waals surface area contributed by atoms with E-state index >= 15 is 0 Å². The standard InChI is InChI=1S/C20H22N2O2.Co/c1-15(2)11-18(22-13-17-8-4-6-10-20(17)24)14-21-12-16-7-3-5-9-19(16)23;/h3-10,12-13,18,21-22H,1,11,14H2,2H3;/b16-12-,17-13-;. The van der Waals surface area contributed by atoms with Crippen LogP contribution in [-0.4, -0.2) is 24.2 Å². The molecule has 0 bridgehead atoms. The predicted molar refractivity (Wildman–Crippen MR) is 97.1 cm³/mol. The maximum Gasteiger partial charge on any atom is 0.187 e. The summed E-state index contributed by atoms with van der Waals surface area (Å²) in [6, 6.07) is 0.0668. The van der Waals surface area contributed by atoms with E-state index in [9.17, 15) is 9.59 Å². The summed E-state index contributed by atoms with van der Waals surface area (Å²) in [5.74, 6) is -0.0277. The SMILES string of the molecule is C=C(C)CC(CN/C=C1/C=CC=CC1=O)N/C=C1/C=CC=CC1=O.[Co]. The van der Waals surface area contributed by atoms with Crippen LogP contribution >= 0.6 is 0 Å². The summed E-state index contributed by atoms with van der Waals surface area (Å²) in [4.78, 5) is 23.4. The normalized spacial score (nSPS) is 19.9. The van der Waals surface area contributed by atoms with Crippen LogP contribution in [0.4, 0.5) is 0 Å². The number of rotatable bonds is 7. The van der Waals surface area contributed by atoms with Crippen LogP contribution in [0.3, 0.4) is 0 Å². The molecule has 1 radical (unpaired) electrons. The zero-order valence-electron chi connectivity index (χ0n) is 14.1. The van der Waals surface area contributed by atoms with E-state index in [1.54, 1.807) is 42.8 Å². The summed E-state index contributed by atoms with van der Waals surface area (Å²) in [7, 11) is 0. The monoisotopic (exact) mass is 381 g/mol. The van der Waals surface area contributed by atoms with Gasteiger partial charge in [0.25, 0.3) is 0 Å². The van der Waals surface area contributed by atoms with Gasteiger partial charge in [-0.05, 0) is 37.6 Å². The fraction of sp³-hybridized carbons (Fsp3) is 0.200. The molecule has 5 heteroatoms. The van der Waals surface area contributed by atoms with Crippen LogP contribution < -0.4 is 10.6 Å². The van der Waals surface area contributed by atoms with Gasteiger partial charge >= 0.3 is 0 Å². The largest absolute Gasteiger partial charge is 0.388 e. The number of hydrogen-bond acceptors (Lipinski definition) is 4. The summed E-state index contributed by atoms with van der Waals surface area (Å²) in [5.41, 5.74) is 2.29. The Labute approximate surface area is 159 Å². The average molecular weight is 381 g/mol. The number of carbonyl (C=O) groups is 2. The number of allylic oxidation sites excluding steroid dienone is 10. The van der Waals surface area contributed by atoms with E-state index in [1.165, 1.54) is 6.08 Å². The molecule has 1 unspecified atom stereocenters. The molecule has 0 aromatic carbocycles. The molecular weight excluding hydrogens is 359 g/mol. The van der Waals surface area contributed by atoms with Gasteiger partial charge < -0.3 is 10.6 Å². The van der Waals surface area contributed by atoms with E-state index in [1.807, 2.05) is 19.1 Å². The van der Waals surface area contributed by atoms with Crippen LogP contribution in [0.1, 0.15) is 13.3 Å². The van der Waals surface area contributed by atoms with E-state index in [0.29, 0.717) is 17.7 Å². The molecule has 0 spiro atoms. The fourth-order valence-corrected chi connectivity index (χ4v) is 2.33. The third kappa shape index (κ3) is 6.95. The Balaban J connectivity index is 0.00000312. The molecule has 25 heavy (non-hydrogen) atoms. The van der Waals surface area contributed by atoms with Crippen LogP contribution in [0.5, 0.6) is 0 Å². The number of ketones is 2. The quantitative estimate of drug-likeness (QED) is 0.526. The van der Waals surface area contributed by atoms with Gasteiger partial charge in [0, 0.05) is 52.9 Å². The van der Waals surface area contributed by atoms with Gasteiger partial charge in [-0.25, -0.2) is 0 Å². The second-order valence-corrected chi connectivity index (χ2v) is 5.80. The number of carbonyl (C=O) groups excluding carboxylic acids is 2. The van der Waals surface area contributed by atoms with E-state index in [4.69, 9.17) is 0 Å². The third-order valence-corrected chi connectivity index (χ3v) is 3.53. The molecule has 0 aromatic heterocycles. The Morgan fingerprint density at radius 1 is 1.00 bits per heavy atom. The topological polar surface area (TPSA) is 58.2 Å². The van der Waals surface area contributed by atoms with Gasteiger partial charge in [0.15, 0.2) is 11.6 Å². The number of nitrogens with one attached hydrogen (secondary N) is 2. The van der Waals surface area contributed by atoms with Crippen molar-refractivity contribution in [1.82, 2.24) is 10.6 Å². The molecule has 0 aliphatic heterocycles. The fourth-order valence-electron chi connectivity index (χ4n) is 2.33. The first-order valence-corrected chi connectivity index (χ1v) is 7.88. The minimum atomic E-state index is -0.0149. The second-order valence-electron chi connectivity index (χ2n) is 5.80. The van der Waals surface area contributed by atoms with Gasteiger partial charge in [-0.1, -0.05) is 29.9 Å². The first-order valence-electron chi connectivity index (χ1n) is 7.88. The molecule has 1 atom stereocenters. The summed E-state index contributed by atoms with van der Waals surface area (Å²) in [6.07, 6.45) is 18.0. The molecule has 4 nitrogen and oxygen atoms in total. The molecule has 0 amide bonds. The van der Waals surface area contributed by atoms with Crippen molar-refractivity contribution in [3.05, 3.63) is 84.3 Å². The molecule has 2 aliphatic rings. The Morgan fingerprint density at radius 2 is 1.52 bits per heavy atom. The van der Waals surface area contributed by atoms with Gasteiger partial charge in [-0.2, -0.15) is 0 Å². The van der Waals surface area contributed by atoms with Gasteiger partial charge in [-0.3, -0.25) is 9.59 Å². The molecule has 2 rings (SSSR count). The maximum atomic E-state index is 11.7. The Kier molecular flexibility index (Phi) is 8.67. The Morgan fingerprint density at radius 3 is 2.04 bits per heavy atom. The molecule has 0 heterocycles. The number of hydrogen-bond donors (Lipinski definition) is 2. The van der Waals surface area contributed by atoms with Crippen molar-refractivity contribution < 1.29 is 26.4 Å². The van der Waals surface area contributed by atoms with Gasteiger partial charge in [0.2, 0.25) is 0 Å². The third-order valence-electron chi connectivity index (χ3n) is 3.53. The summed E-state index contributed by atoms with van der Waals surface area (Å²) in [5, 5.41) is 6.43. The van der Waals surface area contributed by atoms with Crippen molar-refractivity contribution in [3.8, 4) is 0 Å². The summed E-state index contributed by atoms with van der Waals surface area (Å²) >= 11 is 0. The maximum absolute atomic E-state index is 11.7. The van der Waals surface area contributed by atoms with Gasteiger partial charge in [-0.15, -0.1) is 6.58 Å². The smallest absolute Gasteiger partial charge is 0.187 e. The van der Waals surface area contributed by atoms with Crippen LogP contribution in [0, 0.1) is 0 Å². The summed E-state index contributed by atoms with van der Waals surface area (Å²) < 4.78 is 0. The molecule has 0 saturated carbocycles. The second kappa shape index (κ2) is 10.5. The molecule has 2 N–H and O–H groups in total. The van der Waals surface area contributed by atoms with Crippen LogP contribution in [-0.2, 0) is 26.4 Å². The molecular formula is C20H22CoN2O2. The van der Waals surface area contributed by atoms with E-state index in [2.05, 4.69) is 17.2 Å². The van der Waals surface area contributed by atoms with Crippen molar-refractivity contribution in [2.75, 3.05) is 6.54 Å². The molecule has 133 valence electrons. The molecule has 2 aliphatic carbocycles. The minimum Gasteiger partial charge on any atom is -0.388 e. The van der Waals surface area contributed by atoms with Crippen molar-refractivity contribution in [2.45, 2.75) is 19.4 Å². The van der Waals surface area contributed by atoms with Crippen LogP contribution in [0.25, 0.3) is 0 Å². The average Bonchev–Trinajstić information content (AvgIpc) is 2.55. The van der Waals surface area contributed by atoms with E-state index in [-0.39, 0.29) is 34.4 Å². The van der Waals surface area contributed by atoms with Crippen LogP contribution in [0.15, 0.2) is 84.3 Å². The molecule has 0 saturated heterocycles. The van der Waals surface area contributed by atoms with Crippen molar-refractivity contribution >= 4 is 11.6 Å². The van der Waals surface area contributed by atoms with Gasteiger partial charge in [0.05, 0.1) is 0 Å². The Hall–Kier alpha value is -2.37. The van der Waals surface area contributed by atoms with Gasteiger partial charge in [0.1, 0.15) is 0 Å². The zero-order chi connectivity index (χ0) is 17.4. The zero-order valence-corrected chi connectivity index (χ0v) is 15.2. The first-order chi connectivity index (χ1) is 11.6. The summed E-state index contributed by atoms with van der Waals surface area (Å²) in [6.45, 7) is 6.52. The first kappa shape index (κ1) is 20.7. The van der Waals surface area contributed by atoms with E-state index < -0.39 is 0 Å².